The predicted octanol–water partition coefficient (Wildman–Crippen LogP) is 1.36. The maximum absolute atomic E-state index is 12.2. The molecule has 0 atom stereocenters. The summed E-state index contributed by atoms with van der Waals surface area (Å²) in [5.41, 5.74) is 5.21. The van der Waals surface area contributed by atoms with Crippen molar-refractivity contribution in [3.63, 3.8) is 0 Å². The van der Waals surface area contributed by atoms with Gasteiger partial charge in [0, 0.05) is 11.1 Å². The Morgan fingerprint density at radius 3 is 2.67 bits per heavy atom. The second-order valence-corrected chi connectivity index (χ2v) is 7.03. The molecule has 0 bridgehead atoms. The lowest BCUT2D eigenvalue weighted by molar-refractivity contribution is 0.0997. The van der Waals surface area contributed by atoms with Crippen molar-refractivity contribution in [2.75, 3.05) is 11.8 Å². The van der Waals surface area contributed by atoms with Gasteiger partial charge in [0.05, 0.1) is 17.6 Å². The van der Waals surface area contributed by atoms with Gasteiger partial charge in [0.15, 0.2) is 5.13 Å². The second-order valence-electron chi connectivity index (χ2n) is 4.11. The van der Waals surface area contributed by atoms with E-state index >= 15 is 0 Å². The molecule has 1 heterocycles. The molecule has 1 aromatic heterocycles. The summed E-state index contributed by atoms with van der Waals surface area (Å²) < 4.78 is 31.8. The SMILES string of the molecule is COc1ccc(S(=O)(=O)Nc2ncc(C)s2)cc1C(N)=O. The maximum Gasteiger partial charge on any atom is 0.263 e. The van der Waals surface area contributed by atoms with Crippen LogP contribution in [0.5, 0.6) is 5.75 Å². The minimum Gasteiger partial charge on any atom is -0.496 e. The predicted molar refractivity (Wildman–Crippen MR) is 79.2 cm³/mol. The number of aromatic nitrogens is 1. The Labute approximate surface area is 125 Å². The van der Waals surface area contributed by atoms with Crippen LogP contribution in [0, 0.1) is 6.92 Å². The molecule has 7 nitrogen and oxygen atoms in total. The quantitative estimate of drug-likeness (QED) is 0.861. The van der Waals surface area contributed by atoms with Crippen molar-refractivity contribution in [1.29, 1.82) is 0 Å². The van der Waals surface area contributed by atoms with E-state index in [4.69, 9.17) is 10.5 Å². The summed E-state index contributed by atoms with van der Waals surface area (Å²) >= 11 is 1.21. The number of carbonyl (C=O) groups excluding carboxylic acids is 1. The summed E-state index contributed by atoms with van der Waals surface area (Å²) in [5, 5.41) is 0.254. The third-order valence-corrected chi connectivity index (χ3v) is 4.88. The number of primary amides is 1. The Hall–Kier alpha value is -2.13. The highest BCUT2D eigenvalue weighted by atomic mass is 32.2. The van der Waals surface area contributed by atoms with Gasteiger partial charge in [-0.05, 0) is 25.1 Å². The topological polar surface area (TPSA) is 111 Å². The highest BCUT2D eigenvalue weighted by Crippen LogP contribution is 2.25. The molecule has 21 heavy (non-hydrogen) atoms. The molecule has 3 N–H and O–H groups in total. The van der Waals surface area contributed by atoms with Crippen LogP contribution in [0.3, 0.4) is 0 Å². The normalized spacial score (nSPS) is 11.1. The lowest BCUT2D eigenvalue weighted by Crippen LogP contribution is -2.16. The second kappa shape index (κ2) is 5.70. The first-order valence-electron chi connectivity index (χ1n) is 5.76. The molecule has 0 aliphatic rings. The molecule has 0 saturated carbocycles. The fourth-order valence-corrected chi connectivity index (χ4v) is 3.55. The lowest BCUT2D eigenvalue weighted by atomic mass is 10.2. The van der Waals surface area contributed by atoms with E-state index in [9.17, 15) is 13.2 Å². The number of nitrogens with zero attached hydrogens (tertiary/aromatic N) is 1. The van der Waals surface area contributed by atoms with Crippen LogP contribution in [0.2, 0.25) is 0 Å². The number of amides is 1. The molecule has 112 valence electrons. The van der Waals surface area contributed by atoms with Crippen LogP contribution in [0.15, 0.2) is 29.3 Å². The number of sulfonamides is 1. The van der Waals surface area contributed by atoms with Gasteiger partial charge in [0.1, 0.15) is 5.75 Å². The molecule has 0 aliphatic heterocycles. The molecule has 2 rings (SSSR count). The van der Waals surface area contributed by atoms with Crippen molar-refractivity contribution in [1.82, 2.24) is 4.98 Å². The zero-order chi connectivity index (χ0) is 15.6. The smallest absolute Gasteiger partial charge is 0.263 e. The van der Waals surface area contributed by atoms with Crippen LogP contribution in [-0.4, -0.2) is 26.4 Å². The minimum absolute atomic E-state index is 0.00399. The van der Waals surface area contributed by atoms with Gasteiger partial charge in [0.2, 0.25) is 0 Å². The van der Waals surface area contributed by atoms with E-state index in [1.54, 1.807) is 6.20 Å². The van der Waals surface area contributed by atoms with Crippen molar-refractivity contribution >= 4 is 32.4 Å². The molecule has 1 aromatic carbocycles. The van der Waals surface area contributed by atoms with Crippen molar-refractivity contribution < 1.29 is 17.9 Å². The van der Waals surface area contributed by atoms with Gasteiger partial charge >= 0.3 is 0 Å². The fraction of sp³-hybridized carbons (Fsp3) is 0.167. The summed E-state index contributed by atoms with van der Waals surface area (Å²) in [7, 11) is -2.48. The van der Waals surface area contributed by atoms with Gasteiger partial charge in [0.25, 0.3) is 15.9 Å². The van der Waals surface area contributed by atoms with E-state index in [0.717, 1.165) is 4.88 Å². The van der Waals surface area contributed by atoms with Crippen LogP contribution in [-0.2, 0) is 10.0 Å². The fourth-order valence-electron chi connectivity index (χ4n) is 1.62. The molecule has 2 aromatic rings. The van der Waals surface area contributed by atoms with Gasteiger partial charge < -0.3 is 10.5 Å². The number of rotatable bonds is 5. The molecule has 0 fully saturated rings. The number of carbonyl (C=O) groups is 1. The largest absolute Gasteiger partial charge is 0.496 e. The molecule has 0 aliphatic carbocycles. The summed E-state index contributed by atoms with van der Waals surface area (Å²) in [4.78, 5) is 16.1. The molecule has 0 saturated heterocycles. The average molecular weight is 327 g/mol. The number of anilines is 1. The molecule has 0 radical (unpaired) electrons. The van der Waals surface area contributed by atoms with E-state index in [1.807, 2.05) is 6.92 Å². The molecular formula is C12H13N3O4S2. The molecular weight excluding hydrogens is 314 g/mol. The van der Waals surface area contributed by atoms with Gasteiger partial charge in [-0.15, -0.1) is 11.3 Å². The van der Waals surface area contributed by atoms with Crippen LogP contribution >= 0.6 is 11.3 Å². The monoisotopic (exact) mass is 327 g/mol. The Bertz CT molecular complexity index is 784. The van der Waals surface area contributed by atoms with E-state index in [-0.39, 0.29) is 21.3 Å². The number of hydrogen-bond donors (Lipinski definition) is 2. The highest BCUT2D eigenvalue weighted by molar-refractivity contribution is 7.93. The van der Waals surface area contributed by atoms with E-state index in [1.165, 1.54) is 36.6 Å². The molecule has 1 amide bonds. The van der Waals surface area contributed by atoms with E-state index in [2.05, 4.69) is 9.71 Å². The first-order valence-corrected chi connectivity index (χ1v) is 8.06. The zero-order valence-electron chi connectivity index (χ0n) is 11.3. The number of nitrogens with two attached hydrogens (primary N) is 1. The standard InChI is InChI=1S/C12H13N3O4S2/c1-7-6-14-12(20-7)15-21(17,18)8-3-4-10(19-2)9(5-8)11(13)16/h3-6H,1-2H3,(H2,13,16)(H,14,15). The summed E-state index contributed by atoms with van der Waals surface area (Å²) in [6.07, 6.45) is 1.56. The number of aryl methyl sites for hydroxylation is 1. The summed E-state index contributed by atoms with van der Waals surface area (Å²) in [5.74, 6) is -0.555. The third-order valence-electron chi connectivity index (χ3n) is 2.59. The van der Waals surface area contributed by atoms with Gasteiger partial charge in [-0.3, -0.25) is 9.52 Å². The number of methoxy groups -OCH3 is 1. The molecule has 0 spiro atoms. The Morgan fingerprint density at radius 1 is 1.43 bits per heavy atom. The maximum atomic E-state index is 12.2. The van der Waals surface area contributed by atoms with Crippen LogP contribution in [0.4, 0.5) is 5.13 Å². The number of nitrogens with one attached hydrogen (secondary N) is 1. The van der Waals surface area contributed by atoms with Crippen molar-refractivity contribution in [2.24, 2.45) is 5.73 Å². The highest BCUT2D eigenvalue weighted by Gasteiger charge is 2.19. The summed E-state index contributed by atoms with van der Waals surface area (Å²) in [6, 6.07) is 3.87. The first kappa shape index (κ1) is 15.3. The summed E-state index contributed by atoms with van der Waals surface area (Å²) in [6.45, 7) is 1.81. The number of ether oxygens (including phenoxy) is 1. The van der Waals surface area contributed by atoms with Crippen LogP contribution in [0.1, 0.15) is 15.2 Å². The number of benzene rings is 1. The Kier molecular flexibility index (Phi) is 4.14. The van der Waals surface area contributed by atoms with Crippen molar-refractivity contribution in [2.45, 2.75) is 11.8 Å². The Balaban J connectivity index is 2.40. The van der Waals surface area contributed by atoms with Gasteiger partial charge in [-0.1, -0.05) is 0 Å². The van der Waals surface area contributed by atoms with Gasteiger partial charge in [-0.25, -0.2) is 13.4 Å². The molecule has 9 heteroatoms. The first-order chi connectivity index (χ1) is 9.83. The molecule has 0 unspecified atom stereocenters. The zero-order valence-corrected chi connectivity index (χ0v) is 12.9. The van der Waals surface area contributed by atoms with E-state index < -0.39 is 15.9 Å². The third kappa shape index (κ3) is 3.31. The number of thiazole rings is 1. The Morgan fingerprint density at radius 2 is 2.14 bits per heavy atom. The number of hydrogen-bond acceptors (Lipinski definition) is 6. The van der Waals surface area contributed by atoms with Crippen molar-refractivity contribution in [3.8, 4) is 5.75 Å². The van der Waals surface area contributed by atoms with E-state index in [0.29, 0.717) is 0 Å². The lowest BCUT2D eigenvalue weighted by Gasteiger charge is -2.09. The van der Waals surface area contributed by atoms with Crippen molar-refractivity contribution in [3.05, 3.63) is 34.8 Å². The minimum atomic E-state index is -3.85. The van der Waals surface area contributed by atoms with Crippen LogP contribution in [0.25, 0.3) is 0 Å². The van der Waals surface area contributed by atoms with Crippen LogP contribution < -0.4 is 15.2 Å². The van der Waals surface area contributed by atoms with Gasteiger partial charge in [-0.2, -0.15) is 0 Å². The average Bonchev–Trinajstić information content (AvgIpc) is 2.82.